The number of carbonyl (C=O) groups is 1. The van der Waals surface area contributed by atoms with E-state index in [1.807, 2.05) is 6.07 Å². The van der Waals surface area contributed by atoms with Crippen molar-refractivity contribution in [2.45, 2.75) is 101 Å². The lowest BCUT2D eigenvalue weighted by Crippen LogP contribution is -2.49. The Balaban J connectivity index is 1.65. The van der Waals surface area contributed by atoms with Crippen LogP contribution in [0.5, 0.6) is 0 Å². The standard InChI is InChI=1S/C21H32BN3O/c22-21(14-9-5-3-1-2-4-6-10-15-21)25-20(26)19-23-16-13-18(24-19)17-11-7-8-12-17/h13,16-17H,1-12,14-15H2,(H,25,26). The van der Waals surface area contributed by atoms with Crippen molar-refractivity contribution in [1.82, 2.24) is 15.3 Å². The molecule has 0 atom stereocenters. The molecule has 0 bridgehead atoms. The monoisotopic (exact) mass is 353 g/mol. The van der Waals surface area contributed by atoms with Gasteiger partial charge < -0.3 is 5.32 Å². The van der Waals surface area contributed by atoms with Crippen molar-refractivity contribution < 1.29 is 4.79 Å². The van der Waals surface area contributed by atoms with Gasteiger partial charge in [-0.25, -0.2) is 9.97 Å². The van der Waals surface area contributed by atoms with Crippen LogP contribution in [0.2, 0.25) is 0 Å². The Morgan fingerprint density at radius 3 is 2.15 bits per heavy atom. The Morgan fingerprint density at radius 1 is 0.962 bits per heavy atom. The van der Waals surface area contributed by atoms with Crippen LogP contribution >= 0.6 is 0 Å². The highest BCUT2D eigenvalue weighted by Gasteiger charge is 2.27. The average Bonchev–Trinajstić information content (AvgIpc) is 3.16. The molecule has 1 N–H and O–H groups in total. The zero-order valence-corrected chi connectivity index (χ0v) is 16.0. The number of nitrogens with one attached hydrogen (secondary N) is 1. The number of hydrogen-bond acceptors (Lipinski definition) is 3. The molecule has 4 nitrogen and oxygen atoms in total. The zero-order chi connectivity index (χ0) is 18.2. The van der Waals surface area contributed by atoms with E-state index in [1.54, 1.807) is 6.20 Å². The van der Waals surface area contributed by atoms with Gasteiger partial charge in [0.15, 0.2) is 0 Å². The highest BCUT2D eigenvalue weighted by molar-refractivity contribution is 6.17. The van der Waals surface area contributed by atoms with Crippen LogP contribution in [-0.4, -0.2) is 29.2 Å². The van der Waals surface area contributed by atoms with Crippen molar-refractivity contribution in [2.75, 3.05) is 0 Å². The fraction of sp³-hybridized carbons (Fsp3) is 0.762. The smallest absolute Gasteiger partial charge is 0.288 e. The molecule has 1 heterocycles. The molecule has 2 aliphatic carbocycles. The Morgan fingerprint density at radius 2 is 1.54 bits per heavy atom. The first-order valence-electron chi connectivity index (χ1n) is 10.6. The van der Waals surface area contributed by atoms with Gasteiger partial charge in [0.05, 0.1) is 0 Å². The van der Waals surface area contributed by atoms with Crippen LogP contribution in [-0.2, 0) is 0 Å². The molecule has 1 aromatic heterocycles. The molecule has 2 radical (unpaired) electrons. The van der Waals surface area contributed by atoms with Gasteiger partial charge in [-0.15, -0.1) is 0 Å². The summed E-state index contributed by atoms with van der Waals surface area (Å²) >= 11 is 0. The van der Waals surface area contributed by atoms with Crippen LogP contribution < -0.4 is 5.32 Å². The summed E-state index contributed by atoms with van der Waals surface area (Å²) in [5.74, 6) is 0.532. The quantitative estimate of drug-likeness (QED) is 0.805. The van der Waals surface area contributed by atoms with Crippen LogP contribution in [0.4, 0.5) is 0 Å². The molecular formula is C21H32BN3O. The molecule has 5 heteroatoms. The van der Waals surface area contributed by atoms with Gasteiger partial charge in [0.25, 0.3) is 5.91 Å². The van der Waals surface area contributed by atoms with E-state index in [2.05, 4.69) is 15.3 Å². The topological polar surface area (TPSA) is 54.9 Å². The molecule has 0 saturated heterocycles. The van der Waals surface area contributed by atoms with Gasteiger partial charge in [-0.2, -0.15) is 0 Å². The van der Waals surface area contributed by atoms with Gasteiger partial charge >= 0.3 is 0 Å². The first-order valence-corrected chi connectivity index (χ1v) is 10.6. The lowest BCUT2D eigenvalue weighted by molar-refractivity contribution is 0.0908. The second-order valence-electron chi connectivity index (χ2n) is 8.23. The van der Waals surface area contributed by atoms with Crippen molar-refractivity contribution in [1.29, 1.82) is 0 Å². The van der Waals surface area contributed by atoms with Crippen LogP contribution in [0, 0.1) is 0 Å². The van der Waals surface area contributed by atoms with E-state index in [0.717, 1.165) is 31.4 Å². The summed E-state index contributed by atoms with van der Waals surface area (Å²) in [6.07, 6.45) is 18.0. The number of carbonyl (C=O) groups excluding carboxylic acids is 1. The largest absolute Gasteiger partial charge is 0.352 e. The van der Waals surface area contributed by atoms with Crippen molar-refractivity contribution in [2.24, 2.45) is 0 Å². The highest BCUT2D eigenvalue weighted by atomic mass is 16.2. The van der Waals surface area contributed by atoms with Gasteiger partial charge in [0, 0.05) is 23.2 Å². The fourth-order valence-electron chi connectivity index (χ4n) is 4.40. The van der Waals surface area contributed by atoms with Gasteiger partial charge in [0.2, 0.25) is 5.82 Å². The maximum absolute atomic E-state index is 12.8. The molecule has 26 heavy (non-hydrogen) atoms. The van der Waals surface area contributed by atoms with E-state index >= 15 is 0 Å². The first-order chi connectivity index (χ1) is 12.7. The second kappa shape index (κ2) is 9.52. The number of nitrogens with zero attached hydrogens (tertiary/aromatic N) is 2. The lowest BCUT2D eigenvalue weighted by atomic mass is 9.70. The highest BCUT2D eigenvalue weighted by Crippen LogP contribution is 2.32. The van der Waals surface area contributed by atoms with Crippen molar-refractivity contribution in [3.05, 3.63) is 23.8 Å². The number of rotatable bonds is 3. The predicted octanol–water partition coefficient (Wildman–Crippen LogP) is 4.64. The van der Waals surface area contributed by atoms with Gasteiger partial charge in [-0.3, -0.25) is 4.79 Å². The van der Waals surface area contributed by atoms with Crippen LogP contribution in [0.15, 0.2) is 12.3 Å². The molecule has 0 spiro atoms. The predicted molar refractivity (Wildman–Crippen MR) is 105 cm³/mol. The van der Waals surface area contributed by atoms with Crippen LogP contribution in [0.1, 0.15) is 112 Å². The molecule has 2 fully saturated rings. The minimum Gasteiger partial charge on any atom is -0.352 e. The summed E-state index contributed by atoms with van der Waals surface area (Å²) in [5, 5.41) is 3.08. The third kappa shape index (κ3) is 5.55. The number of amides is 1. The molecule has 0 unspecified atom stereocenters. The van der Waals surface area contributed by atoms with Crippen molar-refractivity contribution in [3.63, 3.8) is 0 Å². The Hall–Kier alpha value is -1.39. The SMILES string of the molecule is [B]C1(NC(=O)c2nccc(C3CCCC3)n2)CCCCCCCCCC1. The molecular weight excluding hydrogens is 321 g/mol. The van der Waals surface area contributed by atoms with Gasteiger partial charge in [-0.05, 0) is 31.7 Å². The molecule has 1 amide bonds. The van der Waals surface area contributed by atoms with Crippen LogP contribution in [0.25, 0.3) is 0 Å². The molecule has 0 aromatic carbocycles. The second-order valence-corrected chi connectivity index (χ2v) is 8.23. The molecule has 1 aromatic rings. The van der Waals surface area contributed by atoms with E-state index in [9.17, 15) is 4.79 Å². The Labute approximate surface area is 159 Å². The van der Waals surface area contributed by atoms with Crippen LogP contribution in [0.3, 0.4) is 0 Å². The van der Waals surface area contributed by atoms with E-state index in [-0.39, 0.29) is 11.7 Å². The van der Waals surface area contributed by atoms with Crippen molar-refractivity contribution >= 4 is 13.8 Å². The number of hydrogen-bond donors (Lipinski definition) is 1. The molecule has 140 valence electrons. The third-order valence-electron chi connectivity index (χ3n) is 6.01. The summed E-state index contributed by atoms with van der Waals surface area (Å²) in [4.78, 5) is 21.6. The van der Waals surface area contributed by atoms with E-state index in [0.29, 0.717) is 5.92 Å². The zero-order valence-electron chi connectivity index (χ0n) is 16.0. The maximum atomic E-state index is 12.8. The lowest BCUT2D eigenvalue weighted by Gasteiger charge is -2.31. The maximum Gasteiger partial charge on any atom is 0.288 e. The molecule has 0 aliphatic heterocycles. The fourth-order valence-corrected chi connectivity index (χ4v) is 4.40. The molecule has 2 aliphatic rings. The first kappa shape index (κ1) is 19.4. The Kier molecular flexibility index (Phi) is 7.10. The van der Waals surface area contributed by atoms with E-state index in [4.69, 9.17) is 7.85 Å². The summed E-state index contributed by atoms with van der Waals surface area (Å²) in [5.41, 5.74) is 0.380. The van der Waals surface area contributed by atoms with Gasteiger partial charge in [-0.1, -0.05) is 64.2 Å². The minimum atomic E-state index is -0.631. The normalized spacial score (nSPS) is 22.5. The van der Waals surface area contributed by atoms with Crippen molar-refractivity contribution in [3.8, 4) is 0 Å². The summed E-state index contributed by atoms with van der Waals surface area (Å²) in [7, 11) is 6.61. The third-order valence-corrected chi connectivity index (χ3v) is 6.01. The Bertz CT molecular complexity index is 574. The summed E-state index contributed by atoms with van der Waals surface area (Å²) in [6.45, 7) is 0. The van der Waals surface area contributed by atoms with E-state index in [1.165, 1.54) is 64.2 Å². The molecule has 3 rings (SSSR count). The van der Waals surface area contributed by atoms with E-state index < -0.39 is 5.44 Å². The molecule has 2 saturated carbocycles. The average molecular weight is 353 g/mol. The minimum absolute atomic E-state index is 0.220. The number of aromatic nitrogens is 2. The summed E-state index contributed by atoms with van der Waals surface area (Å²) < 4.78 is 0. The summed E-state index contributed by atoms with van der Waals surface area (Å²) in [6, 6.07) is 1.96. The van der Waals surface area contributed by atoms with Gasteiger partial charge in [0.1, 0.15) is 7.85 Å².